The summed E-state index contributed by atoms with van der Waals surface area (Å²) in [5.74, 6) is 0. The van der Waals surface area contributed by atoms with E-state index in [9.17, 15) is 0 Å². The van der Waals surface area contributed by atoms with Crippen LogP contribution >= 0.6 is 0 Å². The summed E-state index contributed by atoms with van der Waals surface area (Å²) in [5.41, 5.74) is 2.81. The van der Waals surface area contributed by atoms with Crippen LogP contribution in [0.4, 0.5) is 5.69 Å². The minimum absolute atomic E-state index is 0.191. The van der Waals surface area contributed by atoms with Crippen molar-refractivity contribution in [3.63, 3.8) is 0 Å². The van der Waals surface area contributed by atoms with Crippen LogP contribution in [0.2, 0.25) is 0 Å². The smallest absolute Gasteiger partial charge is 0.0991 e. The van der Waals surface area contributed by atoms with E-state index in [-0.39, 0.29) is 6.04 Å². The predicted octanol–water partition coefficient (Wildman–Crippen LogP) is 3.13. The molecule has 1 aromatic carbocycles. The van der Waals surface area contributed by atoms with E-state index in [0.717, 1.165) is 11.3 Å². The first-order valence-electron chi connectivity index (χ1n) is 5.46. The molecule has 1 heterocycles. The minimum atomic E-state index is 0.191. The molecular formula is C14H13N3. The normalized spacial score (nSPS) is 11.5. The highest BCUT2D eigenvalue weighted by Gasteiger charge is 2.04. The molecule has 0 saturated heterocycles. The van der Waals surface area contributed by atoms with Crippen molar-refractivity contribution in [3.05, 3.63) is 59.9 Å². The Morgan fingerprint density at radius 1 is 1.24 bits per heavy atom. The molecule has 0 fully saturated rings. The SMILES string of the molecule is CC(Nc1ccc(C#N)cc1)c1cccnc1. The number of nitriles is 1. The standard InChI is InChI=1S/C14H13N3/c1-11(13-3-2-8-16-10-13)17-14-6-4-12(9-15)5-7-14/h2-8,10-11,17H,1H3. The number of hydrogen-bond acceptors (Lipinski definition) is 3. The second-order valence-electron chi connectivity index (χ2n) is 3.84. The van der Waals surface area contributed by atoms with E-state index in [0.29, 0.717) is 5.56 Å². The van der Waals surface area contributed by atoms with Crippen molar-refractivity contribution in [1.82, 2.24) is 4.98 Å². The Morgan fingerprint density at radius 3 is 2.59 bits per heavy atom. The van der Waals surface area contributed by atoms with Crippen LogP contribution in [0.5, 0.6) is 0 Å². The molecule has 1 aromatic heterocycles. The van der Waals surface area contributed by atoms with E-state index in [1.54, 1.807) is 18.3 Å². The maximum absolute atomic E-state index is 8.71. The lowest BCUT2D eigenvalue weighted by atomic mass is 10.1. The topological polar surface area (TPSA) is 48.7 Å². The second-order valence-corrected chi connectivity index (χ2v) is 3.84. The third kappa shape index (κ3) is 2.82. The number of nitrogens with one attached hydrogen (secondary N) is 1. The monoisotopic (exact) mass is 223 g/mol. The Kier molecular flexibility index (Phi) is 3.37. The zero-order valence-corrected chi connectivity index (χ0v) is 9.59. The van der Waals surface area contributed by atoms with Gasteiger partial charge in [0.2, 0.25) is 0 Å². The molecule has 0 spiro atoms. The summed E-state index contributed by atoms with van der Waals surface area (Å²) in [6.45, 7) is 2.08. The van der Waals surface area contributed by atoms with Gasteiger partial charge in [-0.3, -0.25) is 4.98 Å². The largest absolute Gasteiger partial charge is 0.378 e. The Balaban J connectivity index is 2.08. The van der Waals surface area contributed by atoms with Crippen molar-refractivity contribution in [2.24, 2.45) is 0 Å². The van der Waals surface area contributed by atoms with E-state index < -0.39 is 0 Å². The van der Waals surface area contributed by atoms with E-state index in [2.05, 4.69) is 23.3 Å². The van der Waals surface area contributed by atoms with Crippen LogP contribution in [0.25, 0.3) is 0 Å². The molecule has 0 aliphatic carbocycles. The molecule has 0 bridgehead atoms. The summed E-state index contributed by atoms with van der Waals surface area (Å²) < 4.78 is 0. The van der Waals surface area contributed by atoms with Gasteiger partial charge in [-0.25, -0.2) is 0 Å². The summed E-state index contributed by atoms with van der Waals surface area (Å²) in [6, 6.07) is 13.7. The molecule has 2 aromatic rings. The van der Waals surface area contributed by atoms with Crippen LogP contribution in [0.1, 0.15) is 24.1 Å². The molecule has 3 heteroatoms. The first-order chi connectivity index (χ1) is 8.29. The average Bonchev–Trinajstić information content (AvgIpc) is 2.40. The van der Waals surface area contributed by atoms with Crippen LogP contribution in [0, 0.1) is 11.3 Å². The highest BCUT2D eigenvalue weighted by molar-refractivity contribution is 5.48. The Bertz CT molecular complexity index is 511. The van der Waals surface area contributed by atoms with Crippen LogP contribution in [0.15, 0.2) is 48.8 Å². The van der Waals surface area contributed by atoms with E-state index in [1.807, 2.05) is 30.5 Å². The summed E-state index contributed by atoms with van der Waals surface area (Å²) in [5, 5.41) is 12.1. The molecule has 0 aliphatic rings. The van der Waals surface area contributed by atoms with Crippen LogP contribution in [0.3, 0.4) is 0 Å². The van der Waals surface area contributed by atoms with Gasteiger partial charge in [-0.15, -0.1) is 0 Å². The molecule has 0 radical (unpaired) electrons. The highest BCUT2D eigenvalue weighted by atomic mass is 14.9. The first kappa shape index (κ1) is 11.2. The molecule has 17 heavy (non-hydrogen) atoms. The van der Waals surface area contributed by atoms with Crippen molar-refractivity contribution in [2.45, 2.75) is 13.0 Å². The summed E-state index contributed by atoms with van der Waals surface area (Å²) in [7, 11) is 0. The zero-order chi connectivity index (χ0) is 12.1. The molecule has 2 rings (SSSR count). The fraction of sp³-hybridized carbons (Fsp3) is 0.143. The van der Waals surface area contributed by atoms with Gasteiger partial charge in [0.25, 0.3) is 0 Å². The van der Waals surface area contributed by atoms with E-state index >= 15 is 0 Å². The minimum Gasteiger partial charge on any atom is -0.378 e. The molecule has 0 saturated carbocycles. The maximum atomic E-state index is 8.71. The van der Waals surface area contributed by atoms with Crippen LogP contribution in [-0.4, -0.2) is 4.98 Å². The van der Waals surface area contributed by atoms with Gasteiger partial charge in [0, 0.05) is 18.1 Å². The van der Waals surface area contributed by atoms with Gasteiger partial charge in [0.1, 0.15) is 0 Å². The summed E-state index contributed by atoms with van der Waals surface area (Å²) >= 11 is 0. The number of nitrogens with zero attached hydrogens (tertiary/aromatic N) is 2. The van der Waals surface area contributed by atoms with Crippen LogP contribution in [-0.2, 0) is 0 Å². The van der Waals surface area contributed by atoms with Gasteiger partial charge in [-0.1, -0.05) is 6.07 Å². The fourth-order valence-electron chi connectivity index (χ4n) is 1.61. The van der Waals surface area contributed by atoms with Crippen LogP contribution < -0.4 is 5.32 Å². The van der Waals surface area contributed by atoms with Gasteiger partial charge in [0.15, 0.2) is 0 Å². The fourth-order valence-corrected chi connectivity index (χ4v) is 1.61. The Morgan fingerprint density at radius 2 is 2.00 bits per heavy atom. The lowest BCUT2D eigenvalue weighted by Gasteiger charge is -2.15. The number of pyridine rings is 1. The summed E-state index contributed by atoms with van der Waals surface area (Å²) in [4.78, 5) is 4.09. The maximum Gasteiger partial charge on any atom is 0.0991 e. The highest BCUT2D eigenvalue weighted by Crippen LogP contribution is 2.18. The van der Waals surface area contributed by atoms with Gasteiger partial charge >= 0.3 is 0 Å². The molecular weight excluding hydrogens is 210 g/mol. The Labute approximate surface area is 101 Å². The van der Waals surface area contributed by atoms with Gasteiger partial charge in [0.05, 0.1) is 17.7 Å². The third-order valence-corrected chi connectivity index (χ3v) is 2.58. The number of benzene rings is 1. The number of aromatic nitrogens is 1. The number of hydrogen-bond donors (Lipinski definition) is 1. The first-order valence-corrected chi connectivity index (χ1v) is 5.46. The number of rotatable bonds is 3. The van der Waals surface area contributed by atoms with E-state index in [1.165, 1.54) is 0 Å². The third-order valence-electron chi connectivity index (χ3n) is 2.58. The number of anilines is 1. The van der Waals surface area contributed by atoms with Crippen molar-refractivity contribution in [2.75, 3.05) is 5.32 Å². The quantitative estimate of drug-likeness (QED) is 0.869. The molecule has 84 valence electrons. The zero-order valence-electron chi connectivity index (χ0n) is 9.59. The van der Waals surface area contributed by atoms with Gasteiger partial charge in [-0.2, -0.15) is 5.26 Å². The molecule has 1 atom stereocenters. The van der Waals surface area contributed by atoms with Crippen molar-refractivity contribution in [1.29, 1.82) is 5.26 Å². The summed E-state index contributed by atoms with van der Waals surface area (Å²) in [6.07, 6.45) is 3.61. The molecule has 1 N–H and O–H groups in total. The van der Waals surface area contributed by atoms with Crippen molar-refractivity contribution in [3.8, 4) is 6.07 Å². The average molecular weight is 223 g/mol. The van der Waals surface area contributed by atoms with Crippen molar-refractivity contribution < 1.29 is 0 Å². The van der Waals surface area contributed by atoms with E-state index in [4.69, 9.17) is 5.26 Å². The lowest BCUT2D eigenvalue weighted by molar-refractivity contribution is 0.876. The van der Waals surface area contributed by atoms with Gasteiger partial charge in [-0.05, 0) is 42.8 Å². The molecule has 1 unspecified atom stereocenters. The Hall–Kier alpha value is -2.34. The van der Waals surface area contributed by atoms with Crippen molar-refractivity contribution >= 4 is 5.69 Å². The molecule has 0 amide bonds. The second kappa shape index (κ2) is 5.13. The lowest BCUT2D eigenvalue weighted by Crippen LogP contribution is -2.06. The molecule has 0 aliphatic heterocycles. The molecule has 3 nitrogen and oxygen atoms in total. The van der Waals surface area contributed by atoms with Gasteiger partial charge < -0.3 is 5.32 Å². The predicted molar refractivity (Wildman–Crippen MR) is 67.4 cm³/mol.